The maximum atomic E-state index is 13.5. The van der Waals surface area contributed by atoms with Crippen LogP contribution in [0.2, 0.25) is 0 Å². The molecule has 204 valence electrons. The summed E-state index contributed by atoms with van der Waals surface area (Å²) in [5, 5.41) is 3.00. The van der Waals surface area contributed by atoms with Crippen LogP contribution in [-0.2, 0) is 26.2 Å². The van der Waals surface area contributed by atoms with Gasteiger partial charge in [0.2, 0.25) is 21.8 Å². The van der Waals surface area contributed by atoms with Gasteiger partial charge in [0.15, 0.2) is 0 Å². The summed E-state index contributed by atoms with van der Waals surface area (Å²) < 4.78 is 31.6. The van der Waals surface area contributed by atoms with E-state index in [0.29, 0.717) is 24.3 Å². The quantitative estimate of drug-likeness (QED) is 0.393. The number of carbonyl (C=O) groups excluding carboxylic acids is 2. The molecule has 0 aliphatic carbocycles. The zero-order valence-corrected chi connectivity index (χ0v) is 23.7. The number of rotatable bonds is 14. The fourth-order valence-electron chi connectivity index (χ4n) is 4.12. The molecule has 0 bridgehead atoms. The maximum Gasteiger partial charge on any atom is 0.243 e. The molecule has 37 heavy (non-hydrogen) atoms. The number of nitrogens with zero attached hydrogens (tertiary/aromatic N) is 2. The zero-order chi connectivity index (χ0) is 27.6. The summed E-state index contributed by atoms with van der Waals surface area (Å²) in [6.07, 6.45) is 2.83. The molecule has 9 heteroatoms. The van der Waals surface area contributed by atoms with E-state index < -0.39 is 16.1 Å². The molecule has 1 N–H and O–H groups in total. The molecular weight excluding hydrogens is 490 g/mol. The van der Waals surface area contributed by atoms with Crippen molar-refractivity contribution >= 4 is 27.5 Å². The lowest BCUT2D eigenvalue weighted by atomic mass is 10.1. The third-order valence-corrected chi connectivity index (χ3v) is 7.51. The summed E-state index contributed by atoms with van der Waals surface area (Å²) in [6, 6.07) is 14.0. The van der Waals surface area contributed by atoms with Crippen LogP contribution in [0.4, 0.5) is 5.69 Å². The van der Waals surface area contributed by atoms with Gasteiger partial charge in [-0.3, -0.25) is 13.9 Å². The van der Waals surface area contributed by atoms with Crippen molar-refractivity contribution < 1.29 is 22.7 Å². The molecule has 0 radical (unpaired) electrons. The number of ether oxygens (including phenoxy) is 1. The maximum absolute atomic E-state index is 13.5. The first kappa shape index (κ1) is 30.2. The molecule has 0 aliphatic rings. The topological polar surface area (TPSA) is 96.0 Å². The second-order valence-corrected chi connectivity index (χ2v) is 11.3. The third kappa shape index (κ3) is 9.07. The van der Waals surface area contributed by atoms with Crippen LogP contribution in [0.1, 0.15) is 57.6 Å². The number of sulfonamides is 1. The summed E-state index contributed by atoms with van der Waals surface area (Å²) in [7, 11) is -1.95. The number of nitrogens with one attached hydrogen (secondary N) is 1. The normalized spacial score (nSPS) is 12.9. The fourth-order valence-corrected chi connectivity index (χ4v) is 5.07. The lowest BCUT2D eigenvalue weighted by Crippen LogP contribution is -2.50. The number of methoxy groups -OCH3 is 1. The number of anilines is 1. The molecular formula is C28H41N3O5S. The molecule has 0 aliphatic heterocycles. The molecule has 2 aromatic rings. The highest BCUT2D eigenvalue weighted by molar-refractivity contribution is 7.92. The van der Waals surface area contributed by atoms with Crippen molar-refractivity contribution in [3.05, 3.63) is 59.7 Å². The van der Waals surface area contributed by atoms with Crippen molar-refractivity contribution in [1.29, 1.82) is 0 Å². The molecule has 0 saturated heterocycles. The standard InChI is InChI=1S/C28H41N3O5S/c1-7-22(4)29-28(33)26(8-2)30(20-23-13-10-15-25(19-23)36-5)27(32)16-11-17-31(37(6,34)35)24-14-9-12-21(3)18-24/h9-10,12-15,18-19,22,26H,7-8,11,16-17,20H2,1-6H3,(H,29,33). The highest BCUT2D eigenvalue weighted by Gasteiger charge is 2.29. The number of benzene rings is 2. The number of amides is 2. The van der Waals surface area contributed by atoms with Gasteiger partial charge >= 0.3 is 0 Å². The van der Waals surface area contributed by atoms with Crippen LogP contribution in [-0.4, -0.2) is 57.1 Å². The van der Waals surface area contributed by atoms with Crippen molar-refractivity contribution in [2.24, 2.45) is 0 Å². The van der Waals surface area contributed by atoms with Crippen LogP contribution >= 0.6 is 0 Å². The second-order valence-electron chi connectivity index (χ2n) is 9.39. The minimum Gasteiger partial charge on any atom is -0.497 e. The fraction of sp³-hybridized carbons (Fsp3) is 0.500. The van der Waals surface area contributed by atoms with E-state index in [1.165, 1.54) is 10.6 Å². The smallest absolute Gasteiger partial charge is 0.243 e. The van der Waals surface area contributed by atoms with E-state index in [4.69, 9.17) is 4.74 Å². The van der Waals surface area contributed by atoms with E-state index in [2.05, 4.69) is 5.32 Å². The Labute approximate surface area is 222 Å². The molecule has 0 saturated carbocycles. The average molecular weight is 532 g/mol. The molecule has 0 heterocycles. The van der Waals surface area contributed by atoms with Crippen LogP contribution < -0.4 is 14.4 Å². The Morgan fingerprint density at radius 3 is 2.35 bits per heavy atom. The van der Waals surface area contributed by atoms with Gasteiger partial charge in [0.1, 0.15) is 11.8 Å². The van der Waals surface area contributed by atoms with Gasteiger partial charge in [0, 0.05) is 25.6 Å². The summed E-state index contributed by atoms with van der Waals surface area (Å²) in [5.41, 5.74) is 2.37. The molecule has 0 fully saturated rings. The molecule has 2 amide bonds. The van der Waals surface area contributed by atoms with Gasteiger partial charge in [-0.2, -0.15) is 0 Å². The Balaban J connectivity index is 2.25. The van der Waals surface area contributed by atoms with Crippen molar-refractivity contribution in [2.75, 3.05) is 24.2 Å². The van der Waals surface area contributed by atoms with Crippen LogP contribution in [0, 0.1) is 6.92 Å². The summed E-state index contributed by atoms with van der Waals surface area (Å²) in [4.78, 5) is 28.2. The number of hydrogen-bond acceptors (Lipinski definition) is 5. The van der Waals surface area contributed by atoms with E-state index in [-0.39, 0.29) is 37.4 Å². The van der Waals surface area contributed by atoms with Crippen LogP contribution in [0.3, 0.4) is 0 Å². The molecule has 0 aromatic heterocycles. The predicted molar refractivity (Wildman–Crippen MR) is 148 cm³/mol. The van der Waals surface area contributed by atoms with Crippen molar-refractivity contribution in [3.63, 3.8) is 0 Å². The van der Waals surface area contributed by atoms with E-state index in [1.807, 2.05) is 70.2 Å². The zero-order valence-electron chi connectivity index (χ0n) is 22.9. The first-order chi connectivity index (χ1) is 17.5. The lowest BCUT2D eigenvalue weighted by Gasteiger charge is -2.32. The minimum absolute atomic E-state index is 0.00651. The van der Waals surface area contributed by atoms with E-state index >= 15 is 0 Å². The van der Waals surface area contributed by atoms with E-state index in [0.717, 1.165) is 17.5 Å². The Hall–Kier alpha value is -3.07. The Bertz CT molecular complexity index is 1150. The van der Waals surface area contributed by atoms with Gasteiger partial charge in [0.25, 0.3) is 0 Å². The highest BCUT2D eigenvalue weighted by Crippen LogP contribution is 2.21. The van der Waals surface area contributed by atoms with Gasteiger partial charge < -0.3 is 15.0 Å². The molecule has 2 aromatic carbocycles. The number of aryl methyl sites for hydroxylation is 1. The average Bonchev–Trinajstić information content (AvgIpc) is 2.85. The van der Waals surface area contributed by atoms with Crippen molar-refractivity contribution in [2.45, 2.75) is 72.0 Å². The van der Waals surface area contributed by atoms with Gasteiger partial charge in [0.05, 0.1) is 19.1 Å². The van der Waals surface area contributed by atoms with Gasteiger partial charge in [-0.25, -0.2) is 8.42 Å². The van der Waals surface area contributed by atoms with Crippen LogP contribution in [0.25, 0.3) is 0 Å². The van der Waals surface area contributed by atoms with Gasteiger partial charge in [-0.15, -0.1) is 0 Å². The first-order valence-corrected chi connectivity index (χ1v) is 14.6. The lowest BCUT2D eigenvalue weighted by molar-refractivity contribution is -0.141. The molecule has 2 unspecified atom stereocenters. The predicted octanol–water partition coefficient (Wildman–Crippen LogP) is 4.27. The number of carbonyl (C=O) groups is 2. The minimum atomic E-state index is -3.53. The number of hydrogen-bond donors (Lipinski definition) is 1. The van der Waals surface area contributed by atoms with Crippen molar-refractivity contribution in [3.8, 4) is 5.75 Å². The van der Waals surface area contributed by atoms with E-state index in [9.17, 15) is 18.0 Å². The Morgan fingerprint density at radius 2 is 1.76 bits per heavy atom. The third-order valence-electron chi connectivity index (χ3n) is 6.32. The molecule has 8 nitrogen and oxygen atoms in total. The Kier molecular flexibility index (Phi) is 11.4. The molecule has 2 rings (SSSR count). The monoisotopic (exact) mass is 531 g/mol. The Morgan fingerprint density at radius 1 is 1.05 bits per heavy atom. The molecule has 2 atom stereocenters. The van der Waals surface area contributed by atoms with Gasteiger partial charge in [-0.1, -0.05) is 38.1 Å². The van der Waals surface area contributed by atoms with E-state index in [1.54, 1.807) is 18.1 Å². The second kappa shape index (κ2) is 14.0. The summed E-state index contributed by atoms with van der Waals surface area (Å²) in [6.45, 7) is 8.12. The summed E-state index contributed by atoms with van der Waals surface area (Å²) >= 11 is 0. The highest BCUT2D eigenvalue weighted by atomic mass is 32.2. The first-order valence-electron chi connectivity index (χ1n) is 12.8. The van der Waals surface area contributed by atoms with Crippen LogP contribution in [0.15, 0.2) is 48.5 Å². The van der Waals surface area contributed by atoms with Crippen molar-refractivity contribution in [1.82, 2.24) is 10.2 Å². The van der Waals surface area contributed by atoms with Gasteiger partial charge in [-0.05, 0) is 68.5 Å². The largest absolute Gasteiger partial charge is 0.497 e. The SMILES string of the molecule is CCC(C)NC(=O)C(CC)N(Cc1cccc(OC)c1)C(=O)CCCN(c1cccc(C)c1)S(C)(=O)=O. The summed E-state index contributed by atoms with van der Waals surface area (Å²) in [5.74, 6) is 0.279. The van der Waals surface area contributed by atoms with Crippen LogP contribution in [0.5, 0.6) is 5.75 Å². The molecule has 0 spiro atoms.